The molecule has 2 heterocycles. The molecule has 2 N–H and O–H groups in total. The number of thiophene rings is 1. The van der Waals surface area contributed by atoms with Crippen molar-refractivity contribution in [3.8, 4) is 6.01 Å². The largest absolute Gasteiger partial charge is 0.477 e. The number of rotatable bonds is 2. The molecule has 0 aromatic carbocycles. The first-order valence-electron chi connectivity index (χ1n) is 4.35. The summed E-state index contributed by atoms with van der Waals surface area (Å²) in [5.41, 5.74) is 0.0482. The Balaban J connectivity index is 2.86. The average Bonchev–Trinajstić information content (AvgIpc) is 2.56. The number of ether oxygens (including phenoxy) is 1. The highest BCUT2D eigenvalue weighted by atomic mass is 32.1. The summed E-state index contributed by atoms with van der Waals surface area (Å²) in [5.74, 6) is -1.06. The predicted octanol–water partition coefficient (Wildman–Crippen LogP) is 1.000. The van der Waals surface area contributed by atoms with E-state index in [0.717, 1.165) is 11.3 Å². The first-order valence-corrected chi connectivity index (χ1v) is 5.17. The van der Waals surface area contributed by atoms with E-state index in [9.17, 15) is 9.59 Å². The van der Waals surface area contributed by atoms with Crippen molar-refractivity contribution in [3.05, 3.63) is 20.8 Å². The van der Waals surface area contributed by atoms with Crippen molar-refractivity contribution in [2.75, 3.05) is 7.11 Å². The maximum absolute atomic E-state index is 11.7. The van der Waals surface area contributed by atoms with Crippen LogP contribution in [-0.4, -0.2) is 28.2 Å². The standard InChI is InChI=1S/C9H8N2O4S/c1-3-4-6(12)10-9(15-2)11-7(4)16-5(3)8(13)14/h1-2H3,(H,13,14)(H,10,11,12). The molecule has 0 atom stereocenters. The predicted molar refractivity (Wildman–Crippen MR) is 58.5 cm³/mol. The number of aryl methyl sites for hydroxylation is 1. The summed E-state index contributed by atoms with van der Waals surface area (Å²) >= 11 is 0.965. The molecule has 0 aliphatic heterocycles. The number of aromatic amines is 1. The highest BCUT2D eigenvalue weighted by molar-refractivity contribution is 7.20. The summed E-state index contributed by atoms with van der Waals surface area (Å²) in [6.45, 7) is 1.59. The number of aromatic nitrogens is 2. The van der Waals surface area contributed by atoms with Gasteiger partial charge >= 0.3 is 5.97 Å². The maximum atomic E-state index is 11.7. The Morgan fingerprint density at radius 2 is 2.25 bits per heavy atom. The van der Waals surface area contributed by atoms with Gasteiger partial charge in [-0.1, -0.05) is 0 Å². The van der Waals surface area contributed by atoms with Gasteiger partial charge in [-0.25, -0.2) is 4.79 Å². The molecule has 2 aromatic rings. The van der Waals surface area contributed by atoms with Crippen LogP contribution in [0.3, 0.4) is 0 Å². The first-order chi connectivity index (χ1) is 7.54. The summed E-state index contributed by atoms with van der Waals surface area (Å²) in [7, 11) is 1.38. The van der Waals surface area contributed by atoms with Crippen LogP contribution in [0.4, 0.5) is 0 Å². The fourth-order valence-electron chi connectivity index (χ4n) is 1.42. The van der Waals surface area contributed by atoms with Crippen LogP contribution in [0.1, 0.15) is 15.2 Å². The zero-order valence-corrected chi connectivity index (χ0v) is 9.34. The van der Waals surface area contributed by atoms with E-state index < -0.39 is 5.97 Å². The topological polar surface area (TPSA) is 92.3 Å². The second-order valence-corrected chi connectivity index (χ2v) is 4.12. The Labute approximate surface area is 93.5 Å². The number of hydrogen-bond acceptors (Lipinski definition) is 5. The molecule has 0 spiro atoms. The van der Waals surface area contributed by atoms with Crippen molar-refractivity contribution in [2.45, 2.75) is 6.92 Å². The molecule has 0 radical (unpaired) electrons. The smallest absolute Gasteiger partial charge is 0.346 e. The van der Waals surface area contributed by atoms with Gasteiger partial charge in [-0.2, -0.15) is 4.98 Å². The lowest BCUT2D eigenvalue weighted by Crippen LogP contribution is -2.09. The van der Waals surface area contributed by atoms with E-state index in [1.54, 1.807) is 6.92 Å². The third-order valence-electron chi connectivity index (χ3n) is 2.17. The molecular formula is C9H8N2O4S. The second-order valence-electron chi connectivity index (χ2n) is 3.12. The van der Waals surface area contributed by atoms with Crippen LogP contribution >= 0.6 is 11.3 Å². The lowest BCUT2D eigenvalue weighted by molar-refractivity contribution is 0.0701. The van der Waals surface area contributed by atoms with E-state index in [0.29, 0.717) is 15.8 Å². The minimum atomic E-state index is -1.06. The number of methoxy groups -OCH3 is 1. The normalized spacial score (nSPS) is 10.6. The fraction of sp³-hybridized carbons (Fsp3) is 0.222. The lowest BCUT2D eigenvalue weighted by Gasteiger charge is -1.96. The third kappa shape index (κ3) is 1.45. The minimum absolute atomic E-state index is 0.0793. The SMILES string of the molecule is COc1nc2sc(C(=O)O)c(C)c2c(=O)[nH]1. The van der Waals surface area contributed by atoms with Gasteiger partial charge in [-0.05, 0) is 12.5 Å². The number of hydrogen-bond donors (Lipinski definition) is 2. The van der Waals surface area contributed by atoms with Crippen LogP contribution in [0.5, 0.6) is 6.01 Å². The molecule has 2 rings (SSSR count). The van der Waals surface area contributed by atoms with Crippen molar-refractivity contribution in [1.29, 1.82) is 0 Å². The molecule has 0 aliphatic carbocycles. The van der Waals surface area contributed by atoms with Gasteiger partial charge < -0.3 is 9.84 Å². The number of nitrogens with one attached hydrogen (secondary N) is 1. The summed E-state index contributed by atoms with van der Waals surface area (Å²) in [5, 5.41) is 9.23. The highest BCUT2D eigenvalue weighted by Gasteiger charge is 2.18. The summed E-state index contributed by atoms with van der Waals surface area (Å²) < 4.78 is 4.81. The van der Waals surface area contributed by atoms with E-state index in [2.05, 4.69) is 9.97 Å². The van der Waals surface area contributed by atoms with Gasteiger partial charge in [0.15, 0.2) is 0 Å². The zero-order valence-electron chi connectivity index (χ0n) is 8.53. The molecule has 2 aromatic heterocycles. The number of carboxylic acid groups (broad SMARTS) is 1. The first kappa shape index (κ1) is 10.6. The Bertz CT molecular complexity index is 628. The van der Waals surface area contributed by atoms with E-state index in [-0.39, 0.29) is 16.4 Å². The van der Waals surface area contributed by atoms with E-state index in [4.69, 9.17) is 9.84 Å². The number of fused-ring (bicyclic) bond motifs is 1. The van der Waals surface area contributed by atoms with Crippen LogP contribution < -0.4 is 10.3 Å². The Hall–Kier alpha value is -1.89. The minimum Gasteiger partial charge on any atom is -0.477 e. The van der Waals surface area contributed by atoms with Gasteiger partial charge in [0.25, 0.3) is 11.6 Å². The Morgan fingerprint density at radius 1 is 1.56 bits per heavy atom. The Kier molecular flexibility index (Phi) is 2.39. The maximum Gasteiger partial charge on any atom is 0.346 e. The number of H-pyrrole nitrogens is 1. The molecule has 0 aliphatic rings. The van der Waals surface area contributed by atoms with Gasteiger partial charge in [0.1, 0.15) is 9.71 Å². The monoisotopic (exact) mass is 240 g/mol. The molecule has 0 amide bonds. The molecule has 7 heteroatoms. The van der Waals surface area contributed by atoms with Gasteiger partial charge in [-0.3, -0.25) is 9.78 Å². The number of nitrogens with zero attached hydrogens (tertiary/aromatic N) is 1. The van der Waals surface area contributed by atoms with Crippen LogP contribution in [0.2, 0.25) is 0 Å². The molecule has 6 nitrogen and oxygen atoms in total. The van der Waals surface area contributed by atoms with Crippen molar-refractivity contribution < 1.29 is 14.6 Å². The summed E-state index contributed by atoms with van der Waals surface area (Å²) in [6, 6.07) is 0.0793. The van der Waals surface area contributed by atoms with Crippen molar-refractivity contribution in [3.63, 3.8) is 0 Å². The molecule has 0 saturated carbocycles. The van der Waals surface area contributed by atoms with Gasteiger partial charge in [-0.15, -0.1) is 11.3 Å². The van der Waals surface area contributed by atoms with Gasteiger partial charge in [0.2, 0.25) is 0 Å². The van der Waals surface area contributed by atoms with Crippen LogP contribution in [0.25, 0.3) is 10.2 Å². The van der Waals surface area contributed by atoms with Crippen LogP contribution in [0.15, 0.2) is 4.79 Å². The molecule has 0 bridgehead atoms. The van der Waals surface area contributed by atoms with Gasteiger partial charge in [0, 0.05) is 0 Å². The molecular weight excluding hydrogens is 232 g/mol. The molecule has 16 heavy (non-hydrogen) atoms. The van der Waals surface area contributed by atoms with E-state index >= 15 is 0 Å². The zero-order chi connectivity index (χ0) is 11.9. The number of carboxylic acids is 1. The lowest BCUT2D eigenvalue weighted by atomic mass is 10.2. The van der Waals surface area contributed by atoms with E-state index in [1.807, 2.05) is 0 Å². The Morgan fingerprint density at radius 3 is 2.81 bits per heavy atom. The summed E-state index contributed by atoms with van der Waals surface area (Å²) in [4.78, 5) is 29.5. The van der Waals surface area contributed by atoms with Crippen LogP contribution in [0, 0.1) is 6.92 Å². The van der Waals surface area contributed by atoms with Crippen molar-refractivity contribution >= 4 is 27.5 Å². The van der Waals surface area contributed by atoms with Crippen LogP contribution in [-0.2, 0) is 0 Å². The molecule has 0 saturated heterocycles. The van der Waals surface area contributed by atoms with Crippen molar-refractivity contribution in [1.82, 2.24) is 9.97 Å². The quantitative estimate of drug-likeness (QED) is 0.816. The van der Waals surface area contributed by atoms with E-state index in [1.165, 1.54) is 7.11 Å². The average molecular weight is 240 g/mol. The second kappa shape index (κ2) is 3.60. The highest BCUT2D eigenvalue weighted by Crippen LogP contribution is 2.27. The fourth-order valence-corrected chi connectivity index (χ4v) is 2.44. The summed E-state index contributed by atoms with van der Waals surface area (Å²) in [6.07, 6.45) is 0. The molecule has 84 valence electrons. The third-order valence-corrected chi connectivity index (χ3v) is 3.34. The number of aromatic carboxylic acids is 1. The van der Waals surface area contributed by atoms with Gasteiger partial charge in [0.05, 0.1) is 12.5 Å². The molecule has 0 unspecified atom stereocenters. The number of carbonyl (C=O) groups is 1. The van der Waals surface area contributed by atoms with Crippen molar-refractivity contribution in [2.24, 2.45) is 0 Å². The molecule has 0 fully saturated rings.